The molecule has 3 atom stereocenters. The van der Waals surface area contributed by atoms with Crippen LogP contribution in [0.15, 0.2) is 42.5 Å². The number of methoxy groups -OCH3 is 2. The molecule has 2 aromatic carbocycles. The third-order valence-corrected chi connectivity index (χ3v) is 5.54. The van der Waals surface area contributed by atoms with E-state index in [2.05, 4.69) is 11.8 Å². The molecule has 0 N–H and O–H groups in total. The van der Waals surface area contributed by atoms with Crippen LogP contribution in [-0.4, -0.2) is 44.5 Å². The van der Waals surface area contributed by atoms with Crippen LogP contribution in [0.2, 0.25) is 0 Å². The fourth-order valence-corrected chi connectivity index (χ4v) is 4.19. The molecular weight excluding hydrogens is 392 g/mol. The Morgan fingerprint density at radius 2 is 1.80 bits per heavy atom. The van der Waals surface area contributed by atoms with Gasteiger partial charge in [-0.2, -0.15) is 0 Å². The smallest absolute Gasteiger partial charge is 0.272 e. The minimum Gasteiger partial charge on any atom is -0.496 e. The number of hydrogen-bond donors (Lipinski definition) is 0. The van der Waals surface area contributed by atoms with Gasteiger partial charge >= 0.3 is 0 Å². The number of nitrogens with zero attached hydrogens (tertiary/aromatic N) is 1. The van der Waals surface area contributed by atoms with Crippen molar-refractivity contribution in [1.82, 2.24) is 4.90 Å². The van der Waals surface area contributed by atoms with Crippen LogP contribution in [0.3, 0.4) is 0 Å². The number of alkyl halides is 2. The number of rotatable bonds is 9. The minimum atomic E-state index is -2.53. The van der Waals surface area contributed by atoms with Crippen molar-refractivity contribution in [3.05, 3.63) is 53.6 Å². The van der Waals surface area contributed by atoms with E-state index in [-0.39, 0.29) is 18.0 Å². The lowest BCUT2D eigenvalue weighted by atomic mass is 9.97. The second-order valence-corrected chi connectivity index (χ2v) is 7.45. The van der Waals surface area contributed by atoms with E-state index in [4.69, 9.17) is 14.2 Å². The van der Waals surface area contributed by atoms with E-state index < -0.39 is 13.0 Å². The average Bonchev–Trinajstić information content (AvgIpc) is 3.06. The molecule has 1 saturated heterocycles. The first kappa shape index (κ1) is 22.0. The Morgan fingerprint density at radius 1 is 1.13 bits per heavy atom. The lowest BCUT2D eigenvalue weighted by Crippen LogP contribution is -2.34. The SMILES string of the molecule is COc1cccc(OC)c1C1CC(C)C(C=O)N1Cc1cccc(OCC(F)F)c1. The summed E-state index contributed by atoms with van der Waals surface area (Å²) in [6.45, 7) is 1.86. The summed E-state index contributed by atoms with van der Waals surface area (Å²) in [5, 5.41) is 0. The van der Waals surface area contributed by atoms with Crippen molar-refractivity contribution in [1.29, 1.82) is 0 Å². The molecule has 1 fully saturated rings. The normalized spacial score (nSPS) is 21.6. The molecule has 0 radical (unpaired) electrons. The van der Waals surface area contributed by atoms with Crippen LogP contribution in [0.25, 0.3) is 0 Å². The maximum atomic E-state index is 12.5. The van der Waals surface area contributed by atoms with Gasteiger partial charge in [0, 0.05) is 12.6 Å². The van der Waals surface area contributed by atoms with Gasteiger partial charge in [0.25, 0.3) is 6.43 Å². The van der Waals surface area contributed by atoms with Gasteiger partial charge in [0.15, 0.2) is 0 Å². The van der Waals surface area contributed by atoms with Crippen molar-refractivity contribution in [2.24, 2.45) is 5.92 Å². The van der Waals surface area contributed by atoms with Crippen LogP contribution in [0, 0.1) is 5.92 Å². The Bertz CT molecular complexity index is 839. The highest BCUT2D eigenvalue weighted by Gasteiger charge is 2.41. The summed E-state index contributed by atoms with van der Waals surface area (Å²) < 4.78 is 41.3. The molecule has 0 saturated carbocycles. The Morgan fingerprint density at radius 3 is 2.40 bits per heavy atom. The highest BCUT2D eigenvalue weighted by atomic mass is 19.3. The highest BCUT2D eigenvalue weighted by Crippen LogP contribution is 2.46. The van der Waals surface area contributed by atoms with Gasteiger partial charge in [-0.25, -0.2) is 8.78 Å². The minimum absolute atomic E-state index is 0.0908. The molecule has 0 spiro atoms. The first-order valence-corrected chi connectivity index (χ1v) is 9.90. The number of ether oxygens (including phenoxy) is 3. The number of carbonyl (C=O) groups is 1. The fraction of sp³-hybridized carbons (Fsp3) is 0.435. The molecule has 162 valence electrons. The van der Waals surface area contributed by atoms with Gasteiger partial charge in [0.2, 0.25) is 0 Å². The lowest BCUT2D eigenvalue weighted by molar-refractivity contribution is -0.113. The molecule has 7 heteroatoms. The summed E-state index contributed by atoms with van der Waals surface area (Å²) in [6.07, 6.45) is -0.791. The summed E-state index contributed by atoms with van der Waals surface area (Å²) in [5.74, 6) is 1.93. The van der Waals surface area contributed by atoms with Gasteiger partial charge in [-0.05, 0) is 42.2 Å². The average molecular weight is 419 g/mol. The fourth-order valence-electron chi connectivity index (χ4n) is 4.19. The van der Waals surface area contributed by atoms with Crippen molar-refractivity contribution in [2.75, 3.05) is 20.8 Å². The number of aldehydes is 1. The van der Waals surface area contributed by atoms with E-state index >= 15 is 0 Å². The molecule has 0 bridgehead atoms. The predicted molar refractivity (Wildman–Crippen MR) is 109 cm³/mol. The van der Waals surface area contributed by atoms with Crippen LogP contribution >= 0.6 is 0 Å². The second-order valence-electron chi connectivity index (χ2n) is 7.45. The topological polar surface area (TPSA) is 48.0 Å². The van der Waals surface area contributed by atoms with Crippen molar-refractivity contribution in [3.8, 4) is 17.2 Å². The van der Waals surface area contributed by atoms with Crippen molar-refractivity contribution in [2.45, 2.75) is 38.4 Å². The van der Waals surface area contributed by atoms with Gasteiger partial charge in [0.05, 0.1) is 25.8 Å². The zero-order chi connectivity index (χ0) is 21.7. The maximum Gasteiger partial charge on any atom is 0.272 e. The molecule has 2 aromatic rings. The molecule has 0 aromatic heterocycles. The molecule has 1 heterocycles. The standard InChI is InChI=1S/C23H27F2NO4/c1-15-10-18(23-20(28-2)8-5-9-21(23)29-3)26(19(15)13-27)12-16-6-4-7-17(11-16)30-14-22(24)25/h4-9,11,13,15,18-19,22H,10,12,14H2,1-3H3. The number of hydrogen-bond acceptors (Lipinski definition) is 5. The van der Waals surface area contributed by atoms with Gasteiger partial charge in [0.1, 0.15) is 30.1 Å². The van der Waals surface area contributed by atoms with Crippen molar-refractivity contribution < 1.29 is 27.8 Å². The lowest BCUT2D eigenvalue weighted by Gasteiger charge is -2.30. The molecule has 0 aliphatic carbocycles. The van der Waals surface area contributed by atoms with Crippen LogP contribution in [-0.2, 0) is 11.3 Å². The number of carbonyl (C=O) groups excluding carboxylic acids is 1. The third kappa shape index (κ3) is 4.73. The van der Waals surface area contributed by atoms with Crippen LogP contribution in [0.1, 0.15) is 30.5 Å². The van der Waals surface area contributed by atoms with Gasteiger partial charge in [-0.3, -0.25) is 4.90 Å². The van der Waals surface area contributed by atoms with E-state index in [0.29, 0.717) is 23.8 Å². The number of benzene rings is 2. The summed E-state index contributed by atoms with van der Waals surface area (Å²) in [5.41, 5.74) is 1.78. The first-order chi connectivity index (χ1) is 14.5. The zero-order valence-corrected chi connectivity index (χ0v) is 17.4. The van der Waals surface area contributed by atoms with E-state index in [1.54, 1.807) is 32.4 Å². The molecule has 30 heavy (non-hydrogen) atoms. The van der Waals surface area contributed by atoms with Gasteiger partial charge < -0.3 is 19.0 Å². The van der Waals surface area contributed by atoms with Crippen molar-refractivity contribution in [3.63, 3.8) is 0 Å². The third-order valence-electron chi connectivity index (χ3n) is 5.54. The predicted octanol–water partition coefficient (Wildman–Crippen LogP) is 4.50. The molecule has 1 aliphatic heterocycles. The number of likely N-dealkylation sites (tertiary alicyclic amines) is 1. The monoisotopic (exact) mass is 419 g/mol. The first-order valence-electron chi connectivity index (χ1n) is 9.90. The molecule has 5 nitrogen and oxygen atoms in total. The summed E-state index contributed by atoms with van der Waals surface area (Å²) >= 11 is 0. The Hall–Kier alpha value is -2.67. The summed E-state index contributed by atoms with van der Waals surface area (Å²) in [7, 11) is 3.23. The Kier molecular flexibility index (Phi) is 7.26. The van der Waals surface area contributed by atoms with E-state index in [1.165, 1.54) is 0 Å². The Labute approximate surface area is 175 Å². The summed E-state index contributed by atoms with van der Waals surface area (Å²) in [4.78, 5) is 14.1. The van der Waals surface area contributed by atoms with Crippen LogP contribution in [0.4, 0.5) is 8.78 Å². The number of halogens is 2. The van der Waals surface area contributed by atoms with Gasteiger partial charge in [-0.1, -0.05) is 25.1 Å². The molecule has 3 unspecified atom stereocenters. The van der Waals surface area contributed by atoms with E-state index in [9.17, 15) is 13.6 Å². The molecular formula is C23H27F2NO4. The van der Waals surface area contributed by atoms with Crippen LogP contribution < -0.4 is 14.2 Å². The zero-order valence-electron chi connectivity index (χ0n) is 17.4. The molecule has 3 rings (SSSR count). The second kappa shape index (κ2) is 9.89. The largest absolute Gasteiger partial charge is 0.496 e. The maximum absolute atomic E-state index is 12.5. The quantitative estimate of drug-likeness (QED) is 0.560. The molecule has 0 amide bonds. The van der Waals surface area contributed by atoms with Crippen LogP contribution in [0.5, 0.6) is 17.2 Å². The van der Waals surface area contributed by atoms with E-state index in [1.807, 2.05) is 24.3 Å². The van der Waals surface area contributed by atoms with E-state index in [0.717, 1.165) is 23.8 Å². The van der Waals surface area contributed by atoms with Crippen molar-refractivity contribution >= 4 is 6.29 Å². The molecule has 1 aliphatic rings. The van der Waals surface area contributed by atoms with Gasteiger partial charge in [-0.15, -0.1) is 0 Å². The summed E-state index contributed by atoms with van der Waals surface area (Å²) in [6, 6.07) is 12.3. The highest BCUT2D eigenvalue weighted by molar-refractivity contribution is 5.60. The Balaban J connectivity index is 1.93.